The van der Waals surface area contributed by atoms with Crippen LogP contribution in [-0.4, -0.2) is 23.0 Å². The molecule has 2 rings (SSSR count). The molecular formula is C14H17NO3S. The molecule has 5 heteroatoms. The molecule has 4 nitrogen and oxygen atoms in total. The van der Waals surface area contributed by atoms with Crippen LogP contribution in [-0.2, 0) is 4.79 Å². The van der Waals surface area contributed by atoms with Crippen molar-refractivity contribution < 1.29 is 14.7 Å². The number of hydrogen-bond acceptors (Lipinski definition) is 3. The predicted octanol–water partition coefficient (Wildman–Crippen LogP) is 2.68. The zero-order valence-corrected chi connectivity index (χ0v) is 11.8. The maximum atomic E-state index is 12.0. The monoisotopic (exact) mass is 279 g/mol. The van der Waals surface area contributed by atoms with Crippen molar-refractivity contribution in [3.05, 3.63) is 27.5 Å². The molecule has 19 heavy (non-hydrogen) atoms. The van der Waals surface area contributed by atoms with E-state index in [-0.39, 0.29) is 5.91 Å². The first-order valence-electron chi connectivity index (χ1n) is 6.33. The Bertz CT molecular complexity index is 533. The van der Waals surface area contributed by atoms with Gasteiger partial charge in [-0.25, -0.2) is 4.79 Å². The maximum absolute atomic E-state index is 12.0. The second-order valence-electron chi connectivity index (χ2n) is 4.81. The van der Waals surface area contributed by atoms with Gasteiger partial charge in [0.2, 0.25) is 0 Å². The smallest absolute Gasteiger partial charge is 0.328 e. The van der Waals surface area contributed by atoms with Gasteiger partial charge in [-0.2, -0.15) is 0 Å². The van der Waals surface area contributed by atoms with Crippen molar-refractivity contribution in [1.29, 1.82) is 0 Å². The number of amides is 1. The van der Waals surface area contributed by atoms with Gasteiger partial charge in [0, 0.05) is 17.0 Å². The Kier molecular flexibility index (Phi) is 4.04. The molecule has 2 N–H and O–H groups in total. The molecule has 1 fully saturated rings. The van der Waals surface area contributed by atoms with Crippen molar-refractivity contribution in [2.24, 2.45) is 5.92 Å². The number of rotatable bonds is 5. The SMILES string of the molecule is CCC1CC1NC(=O)c1cc(C)c(/C=C/C(=O)O)s1. The van der Waals surface area contributed by atoms with Gasteiger partial charge in [0.15, 0.2) is 0 Å². The summed E-state index contributed by atoms with van der Waals surface area (Å²) in [7, 11) is 0. The number of carboxylic acid groups (broad SMARTS) is 1. The summed E-state index contributed by atoms with van der Waals surface area (Å²) in [4.78, 5) is 24.0. The lowest BCUT2D eigenvalue weighted by molar-refractivity contribution is -0.131. The molecule has 0 saturated heterocycles. The van der Waals surface area contributed by atoms with Crippen LogP contribution in [0.4, 0.5) is 0 Å². The quantitative estimate of drug-likeness (QED) is 0.814. The Labute approximate surface area is 116 Å². The van der Waals surface area contributed by atoms with Crippen LogP contribution in [0.3, 0.4) is 0 Å². The summed E-state index contributed by atoms with van der Waals surface area (Å²) in [5.41, 5.74) is 0.926. The van der Waals surface area contributed by atoms with E-state index in [1.165, 1.54) is 17.4 Å². The van der Waals surface area contributed by atoms with Gasteiger partial charge in [0.1, 0.15) is 0 Å². The summed E-state index contributed by atoms with van der Waals surface area (Å²) in [6.07, 6.45) is 4.79. The molecule has 0 aliphatic heterocycles. The lowest BCUT2D eigenvalue weighted by Gasteiger charge is -2.00. The number of thiophene rings is 1. The van der Waals surface area contributed by atoms with Crippen LogP contribution in [0.1, 0.15) is 39.9 Å². The van der Waals surface area contributed by atoms with Crippen LogP contribution in [0, 0.1) is 12.8 Å². The first kappa shape index (κ1) is 13.8. The van der Waals surface area contributed by atoms with Crippen LogP contribution in [0.25, 0.3) is 6.08 Å². The molecule has 2 atom stereocenters. The third-order valence-corrected chi connectivity index (χ3v) is 4.52. The molecule has 0 aromatic carbocycles. The zero-order valence-electron chi connectivity index (χ0n) is 11.0. The highest BCUT2D eigenvalue weighted by atomic mass is 32.1. The second-order valence-corrected chi connectivity index (χ2v) is 5.90. The number of aryl methyl sites for hydroxylation is 1. The molecule has 2 unspecified atom stereocenters. The van der Waals surface area contributed by atoms with E-state index in [0.717, 1.165) is 29.4 Å². The molecule has 0 bridgehead atoms. The van der Waals surface area contributed by atoms with Gasteiger partial charge in [-0.3, -0.25) is 4.79 Å². The number of hydrogen-bond donors (Lipinski definition) is 2. The summed E-state index contributed by atoms with van der Waals surface area (Å²) < 4.78 is 0. The topological polar surface area (TPSA) is 66.4 Å². The second kappa shape index (κ2) is 5.57. The molecule has 0 radical (unpaired) electrons. The number of carbonyl (C=O) groups excluding carboxylic acids is 1. The summed E-state index contributed by atoms with van der Waals surface area (Å²) in [6.45, 7) is 4.00. The van der Waals surface area contributed by atoms with Crippen LogP contribution in [0.5, 0.6) is 0 Å². The number of carboxylic acids is 1. The molecule has 1 amide bonds. The summed E-state index contributed by atoms with van der Waals surface area (Å²) in [5.74, 6) is -0.414. The minimum Gasteiger partial charge on any atom is -0.478 e. The zero-order chi connectivity index (χ0) is 14.0. The molecular weight excluding hydrogens is 262 g/mol. The van der Waals surface area contributed by atoms with E-state index in [0.29, 0.717) is 16.8 Å². The predicted molar refractivity (Wildman–Crippen MR) is 75.4 cm³/mol. The van der Waals surface area contributed by atoms with Crippen molar-refractivity contribution in [2.45, 2.75) is 32.7 Å². The fourth-order valence-corrected chi connectivity index (χ4v) is 3.02. The summed E-state index contributed by atoms with van der Waals surface area (Å²) >= 11 is 1.33. The third-order valence-electron chi connectivity index (χ3n) is 3.32. The third kappa shape index (κ3) is 3.44. The lowest BCUT2D eigenvalue weighted by atomic mass is 10.2. The minimum atomic E-state index is -0.984. The highest BCUT2D eigenvalue weighted by molar-refractivity contribution is 7.15. The van der Waals surface area contributed by atoms with Gasteiger partial charge < -0.3 is 10.4 Å². The summed E-state index contributed by atoms with van der Waals surface area (Å²) in [6, 6.07) is 2.13. The molecule has 1 aliphatic rings. The lowest BCUT2D eigenvalue weighted by Crippen LogP contribution is -2.25. The van der Waals surface area contributed by atoms with E-state index in [4.69, 9.17) is 5.11 Å². The highest BCUT2D eigenvalue weighted by Gasteiger charge is 2.36. The van der Waals surface area contributed by atoms with Crippen molar-refractivity contribution >= 4 is 29.3 Å². The summed E-state index contributed by atoms with van der Waals surface area (Å²) in [5, 5.41) is 11.6. The van der Waals surface area contributed by atoms with Gasteiger partial charge in [-0.15, -0.1) is 11.3 Å². The molecule has 1 aliphatic carbocycles. The van der Waals surface area contributed by atoms with Gasteiger partial charge in [0.25, 0.3) is 5.91 Å². The Morgan fingerprint density at radius 3 is 2.89 bits per heavy atom. The first-order chi connectivity index (χ1) is 9.01. The van der Waals surface area contributed by atoms with E-state index in [2.05, 4.69) is 12.2 Å². The Morgan fingerprint density at radius 2 is 2.32 bits per heavy atom. The standard InChI is InChI=1S/C14H17NO3S/c1-3-9-7-10(9)15-14(18)12-6-8(2)11(19-12)4-5-13(16)17/h4-6,9-10H,3,7H2,1-2H3,(H,15,18)(H,16,17)/b5-4+. The average molecular weight is 279 g/mol. The Morgan fingerprint density at radius 1 is 1.58 bits per heavy atom. The normalized spacial score (nSPS) is 21.6. The molecule has 1 aromatic heterocycles. The highest BCUT2D eigenvalue weighted by Crippen LogP contribution is 2.33. The molecule has 0 spiro atoms. The van der Waals surface area contributed by atoms with Crippen LogP contribution < -0.4 is 5.32 Å². The van der Waals surface area contributed by atoms with E-state index < -0.39 is 5.97 Å². The average Bonchev–Trinajstić information content (AvgIpc) is 3.00. The van der Waals surface area contributed by atoms with Crippen LogP contribution in [0.2, 0.25) is 0 Å². The molecule has 1 heterocycles. The van der Waals surface area contributed by atoms with Crippen molar-refractivity contribution in [1.82, 2.24) is 5.32 Å². The number of nitrogens with one attached hydrogen (secondary N) is 1. The molecule has 1 aromatic rings. The largest absolute Gasteiger partial charge is 0.478 e. The van der Waals surface area contributed by atoms with Gasteiger partial charge >= 0.3 is 5.97 Å². The van der Waals surface area contributed by atoms with E-state index in [9.17, 15) is 9.59 Å². The molecule has 102 valence electrons. The fraction of sp³-hybridized carbons (Fsp3) is 0.429. The maximum Gasteiger partial charge on any atom is 0.328 e. The van der Waals surface area contributed by atoms with Crippen LogP contribution >= 0.6 is 11.3 Å². The van der Waals surface area contributed by atoms with Gasteiger partial charge in [-0.1, -0.05) is 13.3 Å². The van der Waals surface area contributed by atoms with E-state index in [1.807, 2.05) is 13.0 Å². The van der Waals surface area contributed by atoms with Gasteiger partial charge in [-0.05, 0) is 37.0 Å². The minimum absolute atomic E-state index is 0.0518. The first-order valence-corrected chi connectivity index (χ1v) is 7.15. The Hall–Kier alpha value is -1.62. The number of aliphatic carboxylic acids is 1. The Balaban J connectivity index is 2.03. The van der Waals surface area contributed by atoms with Crippen molar-refractivity contribution in [3.63, 3.8) is 0 Å². The molecule has 1 saturated carbocycles. The fourth-order valence-electron chi connectivity index (χ4n) is 2.04. The van der Waals surface area contributed by atoms with Gasteiger partial charge in [0.05, 0.1) is 4.88 Å². The van der Waals surface area contributed by atoms with Crippen molar-refractivity contribution in [2.75, 3.05) is 0 Å². The van der Waals surface area contributed by atoms with Crippen molar-refractivity contribution in [3.8, 4) is 0 Å². The number of carbonyl (C=O) groups is 2. The van der Waals surface area contributed by atoms with Crippen LogP contribution in [0.15, 0.2) is 12.1 Å². The van der Waals surface area contributed by atoms with E-state index in [1.54, 1.807) is 0 Å². The van der Waals surface area contributed by atoms with E-state index >= 15 is 0 Å².